The molecule has 1 aliphatic heterocycles. The van der Waals surface area contributed by atoms with E-state index in [4.69, 9.17) is 32.7 Å². The first kappa shape index (κ1) is 20.3. The Hall–Kier alpha value is -1.98. The Morgan fingerprint density at radius 2 is 1.65 bits per heavy atom. The molecule has 5 nitrogen and oxygen atoms in total. The molecule has 7 heteroatoms. The van der Waals surface area contributed by atoms with E-state index in [-0.39, 0.29) is 24.7 Å². The maximum Gasteiger partial charge on any atom is 0.336 e. The van der Waals surface area contributed by atoms with E-state index in [9.17, 15) is 9.59 Å². The third kappa shape index (κ3) is 4.05. The van der Waals surface area contributed by atoms with Gasteiger partial charge in [0, 0.05) is 16.4 Å². The number of rotatable bonds is 6. The van der Waals surface area contributed by atoms with Crippen LogP contribution in [0.5, 0.6) is 0 Å². The maximum absolute atomic E-state index is 12.7. The fourth-order valence-electron chi connectivity index (χ4n) is 2.95. The molecule has 1 heterocycles. The highest BCUT2D eigenvalue weighted by Crippen LogP contribution is 2.42. The SMILES string of the molecule is CCOC(=O)C1=C(C)NC(CCl)=C(C(=O)OCC)C1c1ccccc1Cl. The smallest absolute Gasteiger partial charge is 0.336 e. The molecule has 0 amide bonds. The summed E-state index contributed by atoms with van der Waals surface area (Å²) in [5.74, 6) is -1.73. The van der Waals surface area contributed by atoms with Gasteiger partial charge in [0.1, 0.15) is 0 Å². The van der Waals surface area contributed by atoms with Crippen molar-refractivity contribution in [2.75, 3.05) is 19.1 Å². The molecular weight excluding hydrogens is 377 g/mol. The van der Waals surface area contributed by atoms with Crippen molar-refractivity contribution >= 4 is 35.1 Å². The zero-order chi connectivity index (χ0) is 19.3. The molecule has 0 bridgehead atoms. The molecule has 0 fully saturated rings. The number of halogens is 2. The number of benzene rings is 1. The van der Waals surface area contributed by atoms with Crippen LogP contribution in [0.4, 0.5) is 0 Å². The first-order chi connectivity index (χ1) is 12.5. The minimum atomic E-state index is -0.725. The summed E-state index contributed by atoms with van der Waals surface area (Å²) in [6.07, 6.45) is 0. The normalized spacial score (nSPS) is 17.0. The van der Waals surface area contributed by atoms with Gasteiger partial charge in [-0.05, 0) is 32.4 Å². The lowest BCUT2D eigenvalue weighted by molar-refractivity contribution is -0.139. The lowest BCUT2D eigenvalue weighted by Gasteiger charge is -2.31. The number of carbonyl (C=O) groups excluding carboxylic acids is 2. The Morgan fingerprint density at radius 1 is 1.08 bits per heavy atom. The van der Waals surface area contributed by atoms with Crippen LogP contribution in [0.15, 0.2) is 46.8 Å². The van der Waals surface area contributed by atoms with Crippen LogP contribution < -0.4 is 5.32 Å². The molecule has 1 atom stereocenters. The number of carbonyl (C=O) groups is 2. The van der Waals surface area contributed by atoms with Crippen LogP contribution in [0.3, 0.4) is 0 Å². The van der Waals surface area contributed by atoms with Gasteiger partial charge in [-0.25, -0.2) is 9.59 Å². The van der Waals surface area contributed by atoms with Crippen molar-refractivity contribution in [1.82, 2.24) is 5.32 Å². The summed E-state index contributed by atoms with van der Waals surface area (Å²) >= 11 is 12.5. The second-order valence-electron chi connectivity index (χ2n) is 5.59. The van der Waals surface area contributed by atoms with Crippen LogP contribution in [0, 0.1) is 0 Å². The number of dihydropyridines is 1. The maximum atomic E-state index is 12.7. The van der Waals surface area contributed by atoms with Crippen LogP contribution in [0.25, 0.3) is 0 Å². The van der Waals surface area contributed by atoms with E-state index in [1.807, 2.05) is 0 Å². The van der Waals surface area contributed by atoms with Crippen LogP contribution in [-0.4, -0.2) is 31.0 Å². The average Bonchev–Trinajstić information content (AvgIpc) is 2.61. The number of allylic oxidation sites excluding steroid dienone is 2. The molecule has 2 rings (SSSR count). The van der Waals surface area contributed by atoms with Gasteiger partial charge in [-0.2, -0.15) is 0 Å². The molecule has 0 saturated heterocycles. The molecule has 1 aromatic rings. The van der Waals surface area contributed by atoms with Crippen molar-refractivity contribution < 1.29 is 19.1 Å². The van der Waals surface area contributed by atoms with Gasteiger partial charge in [0.25, 0.3) is 0 Å². The number of hydrogen-bond acceptors (Lipinski definition) is 5. The average molecular weight is 398 g/mol. The van der Waals surface area contributed by atoms with Gasteiger partial charge in [0.15, 0.2) is 0 Å². The molecule has 1 N–H and O–H groups in total. The lowest BCUT2D eigenvalue weighted by Crippen LogP contribution is -2.34. The highest BCUT2D eigenvalue weighted by atomic mass is 35.5. The van der Waals surface area contributed by atoms with Crippen molar-refractivity contribution in [3.63, 3.8) is 0 Å². The van der Waals surface area contributed by atoms with E-state index in [0.29, 0.717) is 27.6 Å². The van der Waals surface area contributed by atoms with Gasteiger partial charge in [-0.3, -0.25) is 0 Å². The number of alkyl halides is 1. The molecule has 1 aliphatic rings. The fraction of sp³-hybridized carbons (Fsp3) is 0.368. The quantitative estimate of drug-likeness (QED) is 0.581. The molecule has 0 aromatic heterocycles. The molecule has 0 spiro atoms. The Balaban J connectivity index is 2.71. The van der Waals surface area contributed by atoms with Gasteiger partial charge in [-0.1, -0.05) is 29.8 Å². The summed E-state index contributed by atoms with van der Waals surface area (Å²) < 4.78 is 10.4. The van der Waals surface area contributed by atoms with E-state index in [1.54, 1.807) is 45.0 Å². The van der Waals surface area contributed by atoms with E-state index in [2.05, 4.69) is 5.32 Å². The second-order valence-corrected chi connectivity index (χ2v) is 6.26. The van der Waals surface area contributed by atoms with Crippen LogP contribution in [0.1, 0.15) is 32.3 Å². The highest BCUT2D eigenvalue weighted by molar-refractivity contribution is 6.31. The zero-order valence-corrected chi connectivity index (χ0v) is 16.4. The van der Waals surface area contributed by atoms with Crippen molar-refractivity contribution in [2.45, 2.75) is 26.7 Å². The number of ether oxygens (including phenoxy) is 2. The summed E-state index contributed by atoms with van der Waals surface area (Å²) in [6, 6.07) is 7.06. The van der Waals surface area contributed by atoms with Crippen molar-refractivity contribution in [1.29, 1.82) is 0 Å². The fourth-order valence-corrected chi connectivity index (χ4v) is 3.41. The third-order valence-electron chi connectivity index (χ3n) is 3.99. The molecule has 1 aromatic carbocycles. The number of hydrogen-bond donors (Lipinski definition) is 1. The topological polar surface area (TPSA) is 64.6 Å². The molecule has 0 radical (unpaired) electrons. The first-order valence-electron chi connectivity index (χ1n) is 8.31. The summed E-state index contributed by atoms with van der Waals surface area (Å²) in [6.45, 7) is 5.59. The third-order valence-corrected chi connectivity index (χ3v) is 4.60. The summed E-state index contributed by atoms with van der Waals surface area (Å²) in [4.78, 5) is 25.4. The van der Waals surface area contributed by atoms with Crippen molar-refractivity contribution in [2.24, 2.45) is 0 Å². The minimum Gasteiger partial charge on any atom is -0.463 e. The summed E-state index contributed by atoms with van der Waals surface area (Å²) in [5, 5.41) is 3.48. The Kier molecular flexibility index (Phi) is 7.12. The lowest BCUT2D eigenvalue weighted by atomic mass is 9.80. The molecular formula is C19H21Cl2NO4. The number of esters is 2. The Labute approximate surface area is 162 Å². The predicted molar refractivity (Wildman–Crippen MR) is 101 cm³/mol. The highest BCUT2D eigenvalue weighted by Gasteiger charge is 2.39. The monoisotopic (exact) mass is 397 g/mol. The van der Waals surface area contributed by atoms with Gasteiger partial charge in [-0.15, -0.1) is 11.6 Å². The molecule has 1 unspecified atom stereocenters. The van der Waals surface area contributed by atoms with E-state index in [0.717, 1.165) is 0 Å². The van der Waals surface area contributed by atoms with E-state index < -0.39 is 17.9 Å². The number of nitrogens with one attached hydrogen (secondary N) is 1. The zero-order valence-electron chi connectivity index (χ0n) is 14.9. The van der Waals surface area contributed by atoms with Gasteiger partial charge in [0.05, 0.1) is 36.2 Å². The van der Waals surface area contributed by atoms with Gasteiger partial charge in [0.2, 0.25) is 0 Å². The van der Waals surface area contributed by atoms with Gasteiger partial charge >= 0.3 is 11.9 Å². The minimum absolute atomic E-state index is 0.0581. The van der Waals surface area contributed by atoms with Crippen molar-refractivity contribution in [3.8, 4) is 0 Å². The largest absolute Gasteiger partial charge is 0.463 e. The molecule has 26 heavy (non-hydrogen) atoms. The van der Waals surface area contributed by atoms with Crippen LogP contribution in [-0.2, 0) is 19.1 Å². The second kappa shape index (κ2) is 9.10. The Bertz CT molecular complexity index is 771. The molecule has 0 aliphatic carbocycles. The van der Waals surface area contributed by atoms with E-state index >= 15 is 0 Å². The predicted octanol–water partition coefficient (Wildman–Crippen LogP) is 3.92. The summed E-state index contributed by atoms with van der Waals surface area (Å²) in [7, 11) is 0. The van der Waals surface area contributed by atoms with Crippen LogP contribution >= 0.6 is 23.2 Å². The van der Waals surface area contributed by atoms with Gasteiger partial charge < -0.3 is 14.8 Å². The summed E-state index contributed by atoms with van der Waals surface area (Å²) in [5.41, 5.74) is 2.25. The molecule has 140 valence electrons. The standard InChI is InChI=1S/C19H21Cl2NO4/c1-4-25-18(23)15-11(3)22-14(10-20)17(19(24)26-5-2)16(15)12-8-6-7-9-13(12)21/h6-9,16,22H,4-5,10H2,1-3H3. The van der Waals surface area contributed by atoms with E-state index in [1.165, 1.54) is 0 Å². The van der Waals surface area contributed by atoms with Crippen LogP contribution in [0.2, 0.25) is 5.02 Å². The first-order valence-corrected chi connectivity index (χ1v) is 9.22. The molecule has 0 saturated carbocycles. The van der Waals surface area contributed by atoms with Crippen molar-refractivity contribution in [3.05, 3.63) is 57.4 Å². The Morgan fingerprint density at radius 3 is 2.19 bits per heavy atom.